The van der Waals surface area contributed by atoms with Gasteiger partial charge in [-0.1, -0.05) is 47.5 Å². The number of amides is 1. The van der Waals surface area contributed by atoms with E-state index >= 15 is 0 Å². The van der Waals surface area contributed by atoms with Gasteiger partial charge >= 0.3 is 6.18 Å². The van der Waals surface area contributed by atoms with Crippen molar-refractivity contribution in [2.24, 2.45) is 0 Å². The molecule has 0 bridgehead atoms. The number of carbonyl (C=O) groups excluding carboxylic acids is 1. The van der Waals surface area contributed by atoms with E-state index in [1.807, 2.05) is 6.07 Å². The zero-order valence-electron chi connectivity index (χ0n) is 20.4. The van der Waals surface area contributed by atoms with E-state index in [4.69, 9.17) is 16.3 Å². The lowest BCUT2D eigenvalue weighted by atomic mass is 10.2. The molecule has 4 rings (SSSR count). The summed E-state index contributed by atoms with van der Waals surface area (Å²) in [5.41, 5.74) is -0.336. The van der Waals surface area contributed by atoms with Crippen molar-refractivity contribution in [3.8, 4) is 11.5 Å². The Morgan fingerprint density at radius 1 is 0.897 bits per heavy atom. The Hall–Kier alpha value is -4.02. The number of benzene rings is 4. The van der Waals surface area contributed by atoms with E-state index in [9.17, 15) is 26.4 Å². The average molecular weight is 575 g/mol. The minimum Gasteiger partial charge on any atom is -0.457 e. The van der Waals surface area contributed by atoms with Crippen LogP contribution in [-0.4, -0.2) is 20.9 Å². The molecule has 0 spiro atoms. The van der Waals surface area contributed by atoms with Crippen molar-refractivity contribution in [1.29, 1.82) is 0 Å². The lowest BCUT2D eigenvalue weighted by Gasteiger charge is -2.24. The number of rotatable bonds is 8. The highest BCUT2D eigenvalue weighted by Gasteiger charge is 2.32. The molecule has 0 aliphatic rings. The van der Waals surface area contributed by atoms with E-state index in [0.29, 0.717) is 17.6 Å². The van der Waals surface area contributed by atoms with E-state index in [1.54, 1.807) is 55.5 Å². The van der Waals surface area contributed by atoms with Crippen LogP contribution in [-0.2, 0) is 21.0 Å². The SMILES string of the molecule is Cc1ccc(S(=O)(=O)N(CC(=O)Nc2cc(C(F)(F)F)ccc2Cl)c2ccc(Oc3ccccc3)cc2)cc1. The van der Waals surface area contributed by atoms with Crippen molar-refractivity contribution in [3.63, 3.8) is 0 Å². The molecular weight excluding hydrogens is 553 g/mol. The van der Waals surface area contributed by atoms with Crippen molar-refractivity contribution in [2.45, 2.75) is 18.0 Å². The highest BCUT2D eigenvalue weighted by atomic mass is 35.5. The van der Waals surface area contributed by atoms with Gasteiger partial charge in [0.25, 0.3) is 10.0 Å². The molecule has 11 heteroatoms. The van der Waals surface area contributed by atoms with E-state index in [2.05, 4.69) is 5.32 Å². The number of halogens is 4. The summed E-state index contributed by atoms with van der Waals surface area (Å²) in [7, 11) is -4.25. The molecule has 0 fully saturated rings. The van der Waals surface area contributed by atoms with Gasteiger partial charge < -0.3 is 10.1 Å². The fraction of sp³-hybridized carbons (Fsp3) is 0.107. The predicted octanol–water partition coefficient (Wildman–Crippen LogP) is 7.29. The normalized spacial score (nSPS) is 11.6. The number of hydrogen-bond acceptors (Lipinski definition) is 4. The lowest BCUT2D eigenvalue weighted by molar-refractivity contribution is -0.137. The first-order valence-corrected chi connectivity index (χ1v) is 13.3. The summed E-state index contributed by atoms with van der Waals surface area (Å²) in [6.45, 7) is 1.06. The molecule has 0 aliphatic carbocycles. The fourth-order valence-corrected chi connectivity index (χ4v) is 5.16. The fourth-order valence-electron chi connectivity index (χ4n) is 3.58. The molecule has 0 saturated heterocycles. The maximum atomic E-state index is 13.6. The quantitative estimate of drug-likeness (QED) is 0.240. The molecule has 0 unspecified atom stereocenters. The third-order valence-corrected chi connectivity index (χ3v) is 7.69. The highest BCUT2D eigenvalue weighted by Crippen LogP contribution is 2.34. The molecule has 1 N–H and O–H groups in total. The second-order valence-corrected chi connectivity index (χ2v) is 10.7. The van der Waals surface area contributed by atoms with E-state index in [0.717, 1.165) is 22.0 Å². The molecule has 39 heavy (non-hydrogen) atoms. The van der Waals surface area contributed by atoms with Crippen LogP contribution >= 0.6 is 11.6 Å². The number of alkyl halides is 3. The first-order valence-electron chi connectivity index (χ1n) is 11.5. The van der Waals surface area contributed by atoms with Crippen molar-refractivity contribution >= 4 is 38.9 Å². The van der Waals surface area contributed by atoms with Gasteiger partial charge in [-0.3, -0.25) is 9.10 Å². The van der Waals surface area contributed by atoms with Crippen molar-refractivity contribution in [1.82, 2.24) is 0 Å². The maximum absolute atomic E-state index is 13.6. The largest absolute Gasteiger partial charge is 0.457 e. The predicted molar refractivity (Wildman–Crippen MR) is 144 cm³/mol. The van der Waals surface area contributed by atoms with Crippen LogP contribution in [0, 0.1) is 6.92 Å². The van der Waals surface area contributed by atoms with Crippen molar-refractivity contribution in [3.05, 3.63) is 113 Å². The number of para-hydroxylation sites is 1. The molecule has 202 valence electrons. The summed E-state index contributed by atoms with van der Waals surface area (Å²) in [5.74, 6) is 0.112. The van der Waals surface area contributed by atoms with E-state index in [1.165, 1.54) is 24.3 Å². The first-order chi connectivity index (χ1) is 18.4. The third kappa shape index (κ3) is 6.90. The Balaban J connectivity index is 1.64. The number of carbonyl (C=O) groups is 1. The van der Waals surface area contributed by atoms with Crippen molar-refractivity contribution < 1.29 is 31.1 Å². The standard InChI is InChI=1S/C28H22ClF3N2O4S/c1-19-7-14-24(15-8-19)39(36,37)34(21-10-12-23(13-11-21)38-22-5-3-2-4-6-22)18-27(35)33-26-17-20(28(30,31)32)9-16-25(26)29/h2-17H,18H2,1H3,(H,33,35). The van der Waals surface area contributed by atoms with Crippen LogP contribution in [0.2, 0.25) is 5.02 Å². The topological polar surface area (TPSA) is 75.7 Å². The Bertz CT molecular complexity index is 1560. The minimum atomic E-state index is -4.66. The van der Waals surface area contributed by atoms with Gasteiger partial charge in [-0.2, -0.15) is 13.2 Å². The number of sulfonamides is 1. The van der Waals surface area contributed by atoms with Crippen LogP contribution in [0.3, 0.4) is 0 Å². The van der Waals surface area contributed by atoms with E-state index in [-0.39, 0.29) is 21.3 Å². The molecule has 6 nitrogen and oxygen atoms in total. The van der Waals surface area contributed by atoms with Gasteiger partial charge in [0.05, 0.1) is 26.9 Å². The van der Waals surface area contributed by atoms with Crippen LogP contribution in [0.15, 0.2) is 102 Å². The summed E-state index contributed by atoms with van der Waals surface area (Å²) in [6.07, 6.45) is -4.66. The van der Waals surface area contributed by atoms with Crippen LogP contribution in [0.1, 0.15) is 11.1 Å². The number of aryl methyl sites for hydroxylation is 1. The Labute approximate surface area is 228 Å². The molecule has 0 radical (unpaired) electrons. The molecule has 0 atom stereocenters. The Morgan fingerprint density at radius 3 is 2.13 bits per heavy atom. The van der Waals surface area contributed by atoms with Gasteiger partial charge in [0.2, 0.25) is 5.91 Å². The summed E-state index contributed by atoms with van der Waals surface area (Å²) in [6, 6.07) is 23.5. The first kappa shape index (κ1) is 28.0. The van der Waals surface area contributed by atoms with Crippen LogP contribution < -0.4 is 14.4 Å². The zero-order valence-corrected chi connectivity index (χ0v) is 22.0. The summed E-state index contributed by atoms with van der Waals surface area (Å²) in [5, 5.41) is 2.17. The van der Waals surface area contributed by atoms with Crippen molar-refractivity contribution in [2.75, 3.05) is 16.2 Å². The number of ether oxygens (including phenoxy) is 1. The van der Waals surface area contributed by atoms with Gasteiger partial charge in [-0.15, -0.1) is 0 Å². The smallest absolute Gasteiger partial charge is 0.416 e. The average Bonchev–Trinajstić information content (AvgIpc) is 2.89. The maximum Gasteiger partial charge on any atom is 0.416 e. The van der Waals surface area contributed by atoms with Crippen LogP contribution in [0.5, 0.6) is 11.5 Å². The molecule has 1 amide bonds. The number of hydrogen-bond donors (Lipinski definition) is 1. The van der Waals surface area contributed by atoms with Crippen LogP contribution in [0.25, 0.3) is 0 Å². The molecule has 0 aliphatic heterocycles. The van der Waals surface area contributed by atoms with Gasteiger partial charge in [-0.25, -0.2) is 8.42 Å². The van der Waals surface area contributed by atoms with Gasteiger partial charge in [-0.05, 0) is 73.7 Å². The monoisotopic (exact) mass is 574 g/mol. The van der Waals surface area contributed by atoms with Gasteiger partial charge in [0, 0.05) is 0 Å². The molecule has 0 heterocycles. The number of nitrogens with one attached hydrogen (secondary N) is 1. The molecule has 0 saturated carbocycles. The lowest BCUT2D eigenvalue weighted by Crippen LogP contribution is -2.38. The second kappa shape index (κ2) is 11.4. The highest BCUT2D eigenvalue weighted by molar-refractivity contribution is 7.92. The van der Waals surface area contributed by atoms with Gasteiger partial charge in [0.1, 0.15) is 18.0 Å². The summed E-state index contributed by atoms with van der Waals surface area (Å²) in [4.78, 5) is 12.9. The summed E-state index contributed by atoms with van der Waals surface area (Å²) < 4.78 is 73.3. The molecular formula is C28H22ClF3N2O4S. The minimum absolute atomic E-state index is 0.0670. The molecule has 0 aromatic heterocycles. The number of anilines is 2. The number of nitrogens with zero attached hydrogens (tertiary/aromatic N) is 1. The zero-order chi connectivity index (χ0) is 28.2. The molecule has 4 aromatic carbocycles. The van der Waals surface area contributed by atoms with E-state index < -0.39 is 34.2 Å². The molecule has 4 aromatic rings. The summed E-state index contributed by atoms with van der Waals surface area (Å²) >= 11 is 6.00. The van der Waals surface area contributed by atoms with Crippen LogP contribution in [0.4, 0.5) is 24.5 Å². The third-order valence-electron chi connectivity index (χ3n) is 5.57. The Morgan fingerprint density at radius 2 is 1.51 bits per heavy atom. The Kier molecular flexibility index (Phi) is 8.17. The van der Waals surface area contributed by atoms with Gasteiger partial charge in [0.15, 0.2) is 0 Å². The second-order valence-electron chi connectivity index (χ2n) is 8.47.